The minimum absolute atomic E-state index is 0.356. The average Bonchev–Trinajstić information content (AvgIpc) is 2.47. The van der Waals surface area contributed by atoms with E-state index in [9.17, 15) is 4.39 Å². The topological polar surface area (TPSA) is 41.5 Å². The Bertz CT molecular complexity index is 445. The first-order valence-corrected chi connectivity index (χ1v) is 7.20. The Morgan fingerprint density at radius 2 is 1.85 bits per heavy atom. The minimum atomic E-state index is -0.382. The van der Waals surface area contributed by atoms with E-state index in [2.05, 4.69) is 19.8 Å². The van der Waals surface area contributed by atoms with Gasteiger partial charge in [-0.1, -0.05) is 0 Å². The minimum Gasteiger partial charge on any atom is -0.383 e. The van der Waals surface area contributed by atoms with E-state index in [4.69, 9.17) is 4.74 Å². The Morgan fingerprint density at radius 3 is 2.40 bits per heavy atom. The SMILES string of the molecule is COCCN1CCC12CCN(c1ncc(F)cn1)CC2. The van der Waals surface area contributed by atoms with Gasteiger partial charge in [-0.05, 0) is 19.3 Å². The largest absolute Gasteiger partial charge is 0.383 e. The molecular formula is C14H21FN4O. The monoisotopic (exact) mass is 280 g/mol. The zero-order valence-corrected chi connectivity index (χ0v) is 11.9. The van der Waals surface area contributed by atoms with Gasteiger partial charge in [-0.25, -0.2) is 14.4 Å². The van der Waals surface area contributed by atoms with E-state index >= 15 is 0 Å². The van der Waals surface area contributed by atoms with Crippen molar-refractivity contribution in [2.24, 2.45) is 0 Å². The van der Waals surface area contributed by atoms with Gasteiger partial charge in [-0.3, -0.25) is 4.90 Å². The van der Waals surface area contributed by atoms with Crippen molar-refractivity contribution < 1.29 is 9.13 Å². The molecule has 0 unspecified atom stereocenters. The van der Waals surface area contributed by atoms with Gasteiger partial charge in [0.25, 0.3) is 0 Å². The maximum absolute atomic E-state index is 12.8. The summed E-state index contributed by atoms with van der Waals surface area (Å²) in [5.74, 6) is 0.260. The van der Waals surface area contributed by atoms with Crippen molar-refractivity contribution in [2.75, 3.05) is 44.8 Å². The maximum atomic E-state index is 12.8. The smallest absolute Gasteiger partial charge is 0.225 e. The maximum Gasteiger partial charge on any atom is 0.225 e. The quantitative estimate of drug-likeness (QED) is 0.832. The highest BCUT2D eigenvalue weighted by molar-refractivity contribution is 5.30. The van der Waals surface area contributed by atoms with E-state index in [0.29, 0.717) is 11.5 Å². The summed E-state index contributed by atoms with van der Waals surface area (Å²) in [6, 6.07) is 0. The van der Waals surface area contributed by atoms with Gasteiger partial charge < -0.3 is 9.64 Å². The van der Waals surface area contributed by atoms with Crippen LogP contribution in [0.5, 0.6) is 0 Å². The second-order valence-electron chi connectivity index (χ2n) is 5.64. The van der Waals surface area contributed by atoms with Crippen LogP contribution in [-0.4, -0.2) is 60.3 Å². The number of anilines is 1. The van der Waals surface area contributed by atoms with Gasteiger partial charge in [0.1, 0.15) is 0 Å². The number of halogens is 1. The third-order valence-electron chi connectivity index (χ3n) is 4.67. The molecule has 0 N–H and O–H groups in total. The number of hydrogen-bond donors (Lipinski definition) is 0. The first-order chi connectivity index (χ1) is 9.73. The summed E-state index contributed by atoms with van der Waals surface area (Å²) >= 11 is 0. The Kier molecular flexibility index (Phi) is 3.85. The average molecular weight is 280 g/mol. The molecular weight excluding hydrogens is 259 g/mol. The second-order valence-corrected chi connectivity index (χ2v) is 5.64. The highest BCUT2D eigenvalue weighted by Crippen LogP contribution is 2.39. The number of rotatable bonds is 4. The van der Waals surface area contributed by atoms with E-state index in [1.807, 2.05) is 0 Å². The molecule has 1 spiro atoms. The van der Waals surface area contributed by atoms with Crippen molar-refractivity contribution in [1.29, 1.82) is 0 Å². The van der Waals surface area contributed by atoms with Crippen molar-refractivity contribution >= 4 is 5.95 Å². The molecule has 0 amide bonds. The van der Waals surface area contributed by atoms with Gasteiger partial charge >= 0.3 is 0 Å². The number of ether oxygens (including phenoxy) is 1. The fourth-order valence-corrected chi connectivity index (χ4v) is 3.29. The summed E-state index contributed by atoms with van der Waals surface area (Å²) in [7, 11) is 1.75. The van der Waals surface area contributed by atoms with Crippen molar-refractivity contribution in [3.63, 3.8) is 0 Å². The molecule has 1 aromatic heterocycles. The molecule has 1 aromatic rings. The van der Waals surface area contributed by atoms with Crippen LogP contribution in [0.4, 0.5) is 10.3 Å². The van der Waals surface area contributed by atoms with Gasteiger partial charge in [-0.15, -0.1) is 0 Å². The van der Waals surface area contributed by atoms with Gasteiger partial charge in [0, 0.05) is 38.8 Å². The van der Waals surface area contributed by atoms with Crippen LogP contribution >= 0.6 is 0 Å². The number of hydrogen-bond acceptors (Lipinski definition) is 5. The lowest BCUT2D eigenvalue weighted by Crippen LogP contribution is -2.64. The zero-order valence-electron chi connectivity index (χ0n) is 11.9. The summed E-state index contributed by atoms with van der Waals surface area (Å²) < 4.78 is 18.0. The van der Waals surface area contributed by atoms with Gasteiger partial charge in [-0.2, -0.15) is 0 Å². The molecule has 0 aromatic carbocycles. The molecule has 0 bridgehead atoms. The predicted molar refractivity (Wildman–Crippen MR) is 74.2 cm³/mol. The van der Waals surface area contributed by atoms with E-state index in [-0.39, 0.29) is 5.82 Å². The van der Waals surface area contributed by atoms with Crippen LogP contribution in [-0.2, 0) is 4.74 Å². The number of piperidine rings is 1. The highest BCUT2D eigenvalue weighted by Gasteiger charge is 2.46. The standard InChI is InChI=1S/C14H21FN4O/c1-20-9-8-19-7-4-14(19)2-5-18(6-3-14)13-16-10-12(15)11-17-13/h10-11H,2-9H2,1H3. The third-order valence-corrected chi connectivity index (χ3v) is 4.67. The lowest BCUT2D eigenvalue weighted by Gasteiger charge is -2.56. The van der Waals surface area contributed by atoms with Crippen molar-refractivity contribution in [2.45, 2.75) is 24.8 Å². The summed E-state index contributed by atoms with van der Waals surface area (Å²) in [6.07, 6.45) is 5.99. The van der Waals surface area contributed by atoms with Crippen molar-refractivity contribution in [3.05, 3.63) is 18.2 Å². The molecule has 2 aliphatic heterocycles. The van der Waals surface area contributed by atoms with E-state index in [1.54, 1.807) is 7.11 Å². The van der Waals surface area contributed by atoms with Crippen LogP contribution in [0.15, 0.2) is 12.4 Å². The van der Waals surface area contributed by atoms with Crippen LogP contribution in [0.3, 0.4) is 0 Å². The summed E-state index contributed by atoms with van der Waals surface area (Å²) in [5.41, 5.74) is 0.356. The molecule has 0 radical (unpaired) electrons. The lowest BCUT2D eigenvalue weighted by atomic mass is 9.76. The van der Waals surface area contributed by atoms with Crippen LogP contribution in [0, 0.1) is 5.82 Å². The molecule has 2 fully saturated rings. The molecule has 110 valence electrons. The molecule has 5 nitrogen and oxygen atoms in total. The van der Waals surface area contributed by atoms with Crippen LogP contribution in [0.1, 0.15) is 19.3 Å². The molecule has 20 heavy (non-hydrogen) atoms. The Morgan fingerprint density at radius 1 is 1.20 bits per heavy atom. The normalized spacial score (nSPS) is 22.0. The highest BCUT2D eigenvalue weighted by atomic mass is 19.1. The number of likely N-dealkylation sites (tertiary alicyclic amines) is 1. The zero-order chi connectivity index (χ0) is 14.0. The second kappa shape index (κ2) is 5.61. The molecule has 0 atom stereocenters. The number of aromatic nitrogens is 2. The van der Waals surface area contributed by atoms with Gasteiger partial charge in [0.05, 0.1) is 19.0 Å². The molecule has 3 rings (SSSR count). The summed E-state index contributed by atoms with van der Waals surface area (Å²) in [6.45, 7) is 4.87. The molecule has 2 aliphatic rings. The Hall–Kier alpha value is -1.27. The molecule has 0 aliphatic carbocycles. The summed E-state index contributed by atoms with van der Waals surface area (Å²) in [5, 5.41) is 0. The molecule has 0 saturated carbocycles. The van der Waals surface area contributed by atoms with Crippen molar-refractivity contribution in [1.82, 2.24) is 14.9 Å². The number of nitrogens with zero attached hydrogens (tertiary/aromatic N) is 4. The lowest BCUT2D eigenvalue weighted by molar-refractivity contribution is -0.0454. The Labute approximate surface area is 118 Å². The van der Waals surface area contributed by atoms with E-state index < -0.39 is 0 Å². The van der Waals surface area contributed by atoms with Crippen LogP contribution in [0.2, 0.25) is 0 Å². The first kappa shape index (κ1) is 13.7. The van der Waals surface area contributed by atoms with Gasteiger partial charge in [0.15, 0.2) is 5.82 Å². The fraction of sp³-hybridized carbons (Fsp3) is 0.714. The molecule has 3 heterocycles. The van der Waals surface area contributed by atoms with E-state index in [0.717, 1.165) is 39.1 Å². The van der Waals surface area contributed by atoms with E-state index in [1.165, 1.54) is 25.4 Å². The van der Waals surface area contributed by atoms with Gasteiger partial charge in [0.2, 0.25) is 5.95 Å². The number of methoxy groups -OCH3 is 1. The molecule has 6 heteroatoms. The fourth-order valence-electron chi connectivity index (χ4n) is 3.29. The predicted octanol–water partition coefficient (Wildman–Crippen LogP) is 1.31. The van der Waals surface area contributed by atoms with Crippen molar-refractivity contribution in [3.8, 4) is 0 Å². The first-order valence-electron chi connectivity index (χ1n) is 7.20. The summed E-state index contributed by atoms with van der Waals surface area (Å²) in [4.78, 5) is 12.8. The molecule has 2 saturated heterocycles. The third kappa shape index (κ3) is 2.50. The van der Waals surface area contributed by atoms with Crippen LogP contribution < -0.4 is 4.90 Å². The Balaban J connectivity index is 1.58. The van der Waals surface area contributed by atoms with Crippen LogP contribution in [0.25, 0.3) is 0 Å².